The van der Waals surface area contributed by atoms with Crippen molar-refractivity contribution in [2.75, 3.05) is 0 Å². The summed E-state index contributed by atoms with van der Waals surface area (Å²) in [6.07, 6.45) is 6.47. The van der Waals surface area contributed by atoms with E-state index < -0.39 is 0 Å². The molecule has 7 heteroatoms. The Kier molecular flexibility index (Phi) is 3.16. The van der Waals surface area contributed by atoms with Gasteiger partial charge in [-0.05, 0) is 31.0 Å². The highest BCUT2D eigenvalue weighted by Crippen LogP contribution is 2.36. The SMILES string of the molecule is Cc1cc(-c2cn(C)nc2-c2c(C)cncc2F)c2cn[nH]c2n1. The first-order valence-electron chi connectivity index (χ1n) is 7.50. The molecule has 0 aliphatic carbocycles. The number of halogens is 1. The lowest BCUT2D eigenvalue weighted by Crippen LogP contribution is -1.95. The molecule has 0 radical (unpaired) electrons. The summed E-state index contributed by atoms with van der Waals surface area (Å²) >= 11 is 0. The number of fused-ring (bicyclic) bond motifs is 1. The smallest absolute Gasteiger partial charge is 0.155 e. The van der Waals surface area contributed by atoms with E-state index in [0.717, 1.165) is 27.8 Å². The predicted molar refractivity (Wildman–Crippen MR) is 88.8 cm³/mol. The summed E-state index contributed by atoms with van der Waals surface area (Å²) in [4.78, 5) is 8.34. The van der Waals surface area contributed by atoms with Crippen LogP contribution < -0.4 is 0 Å². The molecule has 24 heavy (non-hydrogen) atoms. The first-order chi connectivity index (χ1) is 11.5. The van der Waals surface area contributed by atoms with Gasteiger partial charge in [-0.25, -0.2) is 9.37 Å². The molecule has 1 N–H and O–H groups in total. The van der Waals surface area contributed by atoms with Crippen molar-refractivity contribution in [1.29, 1.82) is 0 Å². The van der Waals surface area contributed by atoms with Crippen molar-refractivity contribution in [2.24, 2.45) is 7.05 Å². The van der Waals surface area contributed by atoms with E-state index >= 15 is 0 Å². The van der Waals surface area contributed by atoms with Gasteiger partial charge in [-0.15, -0.1) is 0 Å². The van der Waals surface area contributed by atoms with Crippen LogP contribution in [-0.2, 0) is 7.05 Å². The van der Waals surface area contributed by atoms with Gasteiger partial charge in [0, 0.05) is 41.6 Å². The number of aromatic amines is 1. The van der Waals surface area contributed by atoms with E-state index in [1.807, 2.05) is 33.2 Å². The van der Waals surface area contributed by atoms with Gasteiger partial charge < -0.3 is 0 Å². The lowest BCUT2D eigenvalue weighted by atomic mass is 9.98. The third kappa shape index (κ3) is 2.17. The summed E-state index contributed by atoms with van der Waals surface area (Å²) in [6.45, 7) is 3.74. The summed E-state index contributed by atoms with van der Waals surface area (Å²) in [5.41, 5.74) is 5.10. The molecule has 4 heterocycles. The van der Waals surface area contributed by atoms with Crippen LogP contribution in [0.3, 0.4) is 0 Å². The van der Waals surface area contributed by atoms with Crippen LogP contribution in [0.5, 0.6) is 0 Å². The maximum atomic E-state index is 14.4. The summed E-state index contributed by atoms with van der Waals surface area (Å²) in [5, 5.41) is 12.3. The summed E-state index contributed by atoms with van der Waals surface area (Å²) in [6, 6.07) is 1.97. The molecule has 0 fully saturated rings. The third-order valence-corrected chi connectivity index (χ3v) is 4.00. The zero-order valence-corrected chi connectivity index (χ0v) is 13.5. The minimum absolute atomic E-state index is 0.385. The quantitative estimate of drug-likeness (QED) is 0.615. The first kappa shape index (κ1) is 14.5. The Hall–Kier alpha value is -3.09. The van der Waals surface area contributed by atoms with E-state index in [9.17, 15) is 4.39 Å². The van der Waals surface area contributed by atoms with Crippen molar-refractivity contribution in [2.45, 2.75) is 13.8 Å². The Balaban J connectivity index is 2.06. The van der Waals surface area contributed by atoms with Crippen molar-refractivity contribution < 1.29 is 4.39 Å². The van der Waals surface area contributed by atoms with Crippen molar-refractivity contribution in [1.82, 2.24) is 29.9 Å². The standard InChI is InChI=1S/C17H15FN6/c1-9-5-19-7-14(18)15(9)16-13(8-24(3)23-16)11-4-10(2)21-17-12(11)6-20-22-17/h4-8H,1-3H3,(H,20,21,22). The van der Waals surface area contributed by atoms with Crippen molar-refractivity contribution >= 4 is 11.0 Å². The van der Waals surface area contributed by atoms with E-state index in [2.05, 4.69) is 25.3 Å². The number of aromatic nitrogens is 6. The zero-order chi connectivity index (χ0) is 16.8. The summed E-state index contributed by atoms with van der Waals surface area (Å²) < 4.78 is 16.1. The zero-order valence-electron chi connectivity index (χ0n) is 13.5. The number of nitrogens with one attached hydrogen (secondary N) is 1. The largest absolute Gasteiger partial charge is 0.275 e. The number of rotatable bonds is 2. The fraction of sp³-hybridized carbons (Fsp3) is 0.176. The number of hydrogen-bond acceptors (Lipinski definition) is 4. The maximum Gasteiger partial charge on any atom is 0.155 e. The van der Waals surface area contributed by atoms with Gasteiger partial charge in [-0.3, -0.25) is 14.8 Å². The molecular weight excluding hydrogens is 307 g/mol. The third-order valence-electron chi connectivity index (χ3n) is 4.00. The Morgan fingerprint density at radius 2 is 1.96 bits per heavy atom. The molecule has 0 aliphatic rings. The molecule has 0 atom stereocenters. The number of hydrogen-bond donors (Lipinski definition) is 1. The van der Waals surface area contributed by atoms with Crippen LogP contribution in [0.1, 0.15) is 11.3 Å². The van der Waals surface area contributed by atoms with E-state index in [0.29, 0.717) is 16.9 Å². The van der Waals surface area contributed by atoms with Crippen molar-refractivity contribution in [3.8, 4) is 22.4 Å². The molecule has 0 aliphatic heterocycles. The second kappa shape index (κ2) is 5.23. The molecule has 0 saturated carbocycles. The highest BCUT2D eigenvalue weighted by atomic mass is 19.1. The predicted octanol–water partition coefficient (Wildman–Crippen LogP) is 3.18. The average molecular weight is 322 g/mol. The fourth-order valence-corrected chi connectivity index (χ4v) is 2.98. The molecular formula is C17H15FN6. The van der Waals surface area contributed by atoms with Gasteiger partial charge in [0.25, 0.3) is 0 Å². The van der Waals surface area contributed by atoms with Gasteiger partial charge in [0.1, 0.15) is 5.69 Å². The highest BCUT2D eigenvalue weighted by molar-refractivity contribution is 5.96. The molecule has 0 unspecified atom stereocenters. The van der Waals surface area contributed by atoms with E-state index in [1.54, 1.807) is 17.1 Å². The highest BCUT2D eigenvalue weighted by Gasteiger charge is 2.20. The van der Waals surface area contributed by atoms with Gasteiger partial charge in [0.05, 0.1) is 12.4 Å². The molecule has 4 rings (SSSR count). The van der Waals surface area contributed by atoms with Crippen LogP contribution in [-0.4, -0.2) is 29.9 Å². The Morgan fingerprint density at radius 1 is 1.12 bits per heavy atom. The second-order valence-corrected chi connectivity index (χ2v) is 5.82. The first-order valence-corrected chi connectivity index (χ1v) is 7.50. The van der Waals surface area contributed by atoms with E-state index in [1.165, 1.54) is 6.20 Å². The summed E-state index contributed by atoms with van der Waals surface area (Å²) in [5.74, 6) is -0.385. The Bertz CT molecular complexity index is 1040. The number of pyridine rings is 2. The lowest BCUT2D eigenvalue weighted by molar-refractivity contribution is 0.622. The molecule has 0 spiro atoms. The van der Waals surface area contributed by atoms with Crippen molar-refractivity contribution in [3.05, 3.63) is 47.9 Å². The molecule has 0 bridgehead atoms. The molecule has 6 nitrogen and oxygen atoms in total. The van der Waals surface area contributed by atoms with Crippen LogP contribution in [0.2, 0.25) is 0 Å². The lowest BCUT2D eigenvalue weighted by Gasteiger charge is -2.08. The van der Waals surface area contributed by atoms with Crippen LogP contribution >= 0.6 is 0 Å². The maximum absolute atomic E-state index is 14.4. The number of nitrogens with zero attached hydrogens (tertiary/aromatic N) is 5. The molecule has 0 aromatic carbocycles. The van der Waals surface area contributed by atoms with Crippen LogP contribution in [0.25, 0.3) is 33.4 Å². The molecule has 0 saturated heterocycles. The van der Waals surface area contributed by atoms with Gasteiger partial charge in [-0.1, -0.05) is 0 Å². The van der Waals surface area contributed by atoms with Crippen LogP contribution in [0.15, 0.2) is 30.9 Å². The molecule has 4 aromatic rings. The average Bonchev–Trinajstić information content (AvgIpc) is 3.13. The van der Waals surface area contributed by atoms with Gasteiger partial charge in [-0.2, -0.15) is 10.2 Å². The minimum atomic E-state index is -0.385. The molecule has 0 amide bonds. The Labute approximate surface area is 137 Å². The molecule has 4 aromatic heterocycles. The second-order valence-electron chi connectivity index (χ2n) is 5.82. The van der Waals surface area contributed by atoms with E-state index in [4.69, 9.17) is 0 Å². The topological polar surface area (TPSA) is 72.3 Å². The monoisotopic (exact) mass is 322 g/mol. The van der Waals surface area contributed by atoms with Crippen LogP contribution in [0.4, 0.5) is 4.39 Å². The normalized spacial score (nSPS) is 11.3. The number of aryl methyl sites for hydroxylation is 3. The Morgan fingerprint density at radius 3 is 2.75 bits per heavy atom. The van der Waals surface area contributed by atoms with Crippen LogP contribution in [0, 0.1) is 19.7 Å². The molecule has 120 valence electrons. The van der Waals surface area contributed by atoms with Gasteiger partial charge >= 0.3 is 0 Å². The van der Waals surface area contributed by atoms with E-state index in [-0.39, 0.29) is 5.82 Å². The minimum Gasteiger partial charge on any atom is -0.275 e. The number of H-pyrrole nitrogens is 1. The van der Waals surface area contributed by atoms with Gasteiger partial charge in [0.15, 0.2) is 11.5 Å². The van der Waals surface area contributed by atoms with Gasteiger partial charge in [0.2, 0.25) is 0 Å². The summed E-state index contributed by atoms with van der Waals surface area (Å²) in [7, 11) is 1.82. The fourth-order valence-electron chi connectivity index (χ4n) is 2.98. The van der Waals surface area contributed by atoms with Crippen molar-refractivity contribution in [3.63, 3.8) is 0 Å².